The Balaban J connectivity index is 1.55. The van der Waals surface area contributed by atoms with Crippen LogP contribution in [0, 0.1) is 5.92 Å². The Morgan fingerprint density at radius 1 is 1.14 bits per heavy atom. The zero-order valence-corrected chi connectivity index (χ0v) is 13.1. The average Bonchev–Trinajstić information content (AvgIpc) is 3.15. The van der Waals surface area contributed by atoms with Gasteiger partial charge < -0.3 is 14.7 Å². The Labute approximate surface area is 127 Å². The summed E-state index contributed by atoms with van der Waals surface area (Å²) in [7, 11) is 0. The van der Waals surface area contributed by atoms with Gasteiger partial charge in [-0.2, -0.15) is 0 Å². The Bertz CT molecular complexity index is 398. The molecule has 0 bridgehead atoms. The van der Waals surface area contributed by atoms with Gasteiger partial charge in [-0.1, -0.05) is 19.8 Å². The quantitative estimate of drug-likeness (QED) is 0.778. The second-order valence-electron chi connectivity index (χ2n) is 6.64. The molecule has 5 heteroatoms. The van der Waals surface area contributed by atoms with E-state index < -0.39 is 0 Å². The van der Waals surface area contributed by atoms with Crippen LogP contribution in [0.4, 0.5) is 0 Å². The molecule has 2 heterocycles. The van der Waals surface area contributed by atoms with Gasteiger partial charge in [0.1, 0.15) is 0 Å². The zero-order valence-electron chi connectivity index (χ0n) is 13.1. The van der Waals surface area contributed by atoms with Crippen molar-refractivity contribution in [2.24, 2.45) is 5.92 Å². The molecule has 1 unspecified atom stereocenters. The Morgan fingerprint density at radius 3 is 2.43 bits per heavy atom. The van der Waals surface area contributed by atoms with Crippen LogP contribution in [0.5, 0.6) is 0 Å². The average molecular weight is 293 g/mol. The van der Waals surface area contributed by atoms with Crippen LogP contribution in [0.2, 0.25) is 0 Å². The van der Waals surface area contributed by atoms with E-state index >= 15 is 0 Å². The molecule has 0 aromatic rings. The molecule has 2 amide bonds. The number of amides is 2. The van der Waals surface area contributed by atoms with Gasteiger partial charge in [0.15, 0.2) is 0 Å². The highest BCUT2D eigenvalue weighted by molar-refractivity contribution is 5.89. The predicted octanol–water partition coefficient (Wildman–Crippen LogP) is 0.942. The van der Waals surface area contributed by atoms with E-state index in [4.69, 9.17) is 0 Å². The van der Waals surface area contributed by atoms with Gasteiger partial charge in [-0.3, -0.25) is 9.59 Å². The molecule has 2 aliphatic heterocycles. The summed E-state index contributed by atoms with van der Waals surface area (Å²) in [6, 6.07) is 0.409. The molecule has 3 rings (SSSR count). The van der Waals surface area contributed by atoms with Crippen LogP contribution < -0.4 is 0 Å². The monoisotopic (exact) mass is 293 g/mol. The number of carbonyl (C=O) groups excluding carboxylic acids is 2. The molecule has 1 aliphatic carbocycles. The number of likely N-dealkylation sites (N-methyl/N-ethyl adjacent to an activating group) is 1. The molecule has 118 valence electrons. The number of hydrogen-bond donors (Lipinski definition) is 0. The van der Waals surface area contributed by atoms with E-state index in [0.29, 0.717) is 19.0 Å². The number of likely N-dealkylation sites (tertiary alicyclic amines) is 1. The highest BCUT2D eigenvalue weighted by atomic mass is 16.2. The van der Waals surface area contributed by atoms with Gasteiger partial charge in [0.2, 0.25) is 11.8 Å². The molecule has 0 N–H and O–H groups in total. The SMILES string of the molecule is CCN1CCN(C(=O)C2CC(=O)N(C3CCCC3)C2)CC1. The highest BCUT2D eigenvalue weighted by Crippen LogP contribution is 2.30. The highest BCUT2D eigenvalue weighted by Gasteiger charge is 2.40. The molecule has 3 aliphatic rings. The normalized spacial score (nSPS) is 28.6. The first-order chi connectivity index (χ1) is 10.2. The lowest BCUT2D eigenvalue weighted by Gasteiger charge is -2.35. The summed E-state index contributed by atoms with van der Waals surface area (Å²) in [4.78, 5) is 31.2. The van der Waals surface area contributed by atoms with Crippen molar-refractivity contribution in [1.82, 2.24) is 14.7 Å². The van der Waals surface area contributed by atoms with Gasteiger partial charge in [0.05, 0.1) is 5.92 Å². The van der Waals surface area contributed by atoms with Crippen molar-refractivity contribution in [2.45, 2.75) is 45.1 Å². The maximum absolute atomic E-state index is 12.6. The molecular formula is C16H27N3O2. The molecule has 5 nitrogen and oxygen atoms in total. The van der Waals surface area contributed by atoms with Gasteiger partial charge in [0, 0.05) is 45.2 Å². The van der Waals surface area contributed by atoms with E-state index in [2.05, 4.69) is 11.8 Å². The van der Waals surface area contributed by atoms with Crippen molar-refractivity contribution in [1.29, 1.82) is 0 Å². The lowest BCUT2D eigenvalue weighted by atomic mass is 10.1. The smallest absolute Gasteiger partial charge is 0.228 e. The standard InChI is InChI=1S/C16H27N3O2/c1-2-17-7-9-18(10-8-17)16(21)13-11-15(20)19(12-13)14-5-3-4-6-14/h13-14H,2-12H2,1H3. The number of nitrogens with zero attached hydrogens (tertiary/aromatic N) is 3. The molecule has 0 radical (unpaired) electrons. The van der Waals surface area contributed by atoms with Gasteiger partial charge in [-0.05, 0) is 19.4 Å². The first-order valence-corrected chi connectivity index (χ1v) is 8.49. The first-order valence-electron chi connectivity index (χ1n) is 8.49. The summed E-state index contributed by atoms with van der Waals surface area (Å²) in [6.45, 7) is 7.45. The fourth-order valence-corrected chi connectivity index (χ4v) is 4.01. The van der Waals surface area contributed by atoms with Crippen LogP contribution in [0.25, 0.3) is 0 Å². The van der Waals surface area contributed by atoms with Crippen LogP contribution >= 0.6 is 0 Å². The fourth-order valence-electron chi connectivity index (χ4n) is 4.01. The van der Waals surface area contributed by atoms with Crippen molar-refractivity contribution >= 4 is 11.8 Å². The third kappa shape index (κ3) is 3.07. The second kappa shape index (κ2) is 6.34. The predicted molar refractivity (Wildman–Crippen MR) is 80.8 cm³/mol. The number of piperazine rings is 1. The van der Waals surface area contributed by atoms with Crippen LogP contribution in [-0.2, 0) is 9.59 Å². The second-order valence-corrected chi connectivity index (χ2v) is 6.64. The molecule has 0 aromatic carbocycles. The molecule has 21 heavy (non-hydrogen) atoms. The molecular weight excluding hydrogens is 266 g/mol. The minimum atomic E-state index is -0.0914. The van der Waals surface area contributed by atoms with E-state index in [0.717, 1.165) is 45.6 Å². The minimum Gasteiger partial charge on any atom is -0.340 e. The van der Waals surface area contributed by atoms with E-state index in [1.807, 2.05) is 9.80 Å². The number of rotatable bonds is 3. The lowest BCUT2D eigenvalue weighted by molar-refractivity contribution is -0.137. The van der Waals surface area contributed by atoms with Gasteiger partial charge in [-0.25, -0.2) is 0 Å². The summed E-state index contributed by atoms with van der Waals surface area (Å²) in [5, 5.41) is 0. The Hall–Kier alpha value is -1.10. The molecule has 3 fully saturated rings. The van der Waals surface area contributed by atoms with Crippen LogP contribution in [0.3, 0.4) is 0 Å². The van der Waals surface area contributed by atoms with Gasteiger partial charge in [0.25, 0.3) is 0 Å². The zero-order chi connectivity index (χ0) is 14.8. The van der Waals surface area contributed by atoms with Crippen LogP contribution in [-0.4, -0.2) is 71.8 Å². The third-order valence-corrected chi connectivity index (χ3v) is 5.40. The lowest BCUT2D eigenvalue weighted by Crippen LogP contribution is -2.50. The Kier molecular flexibility index (Phi) is 4.48. The van der Waals surface area contributed by atoms with E-state index in [9.17, 15) is 9.59 Å². The molecule has 1 saturated carbocycles. The van der Waals surface area contributed by atoms with Crippen molar-refractivity contribution < 1.29 is 9.59 Å². The third-order valence-electron chi connectivity index (χ3n) is 5.40. The summed E-state index contributed by atoms with van der Waals surface area (Å²) >= 11 is 0. The maximum atomic E-state index is 12.6. The van der Waals surface area contributed by atoms with Gasteiger partial charge in [-0.15, -0.1) is 0 Å². The van der Waals surface area contributed by atoms with E-state index in [1.165, 1.54) is 12.8 Å². The van der Waals surface area contributed by atoms with Crippen LogP contribution in [0.1, 0.15) is 39.0 Å². The number of carbonyl (C=O) groups is 2. The fraction of sp³-hybridized carbons (Fsp3) is 0.875. The Morgan fingerprint density at radius 2 is 1.81 bits per heavy atom. The summed E-state index contributed by atoms with van der Waals surface area (Å²) in [6.07, 6.45) is 5.14. The van der Waals surface area contributed by atoms with E-state index in [-0.39, 0.29) is 17.7 Å². The van der Waals surface area contributed by atoms with Crippen molar-refractivity contribution in [3.8, 4) is 0 Å². The molecule has 2 saturated heterocycles. The molecule has 0 aromatic heterocycles. The number of hydrogen-bond acceptors (Lipinski definition) is 3. The summed E-state index contributed by atoms with van der Waals surface area (Å²) in [5.74, 6) is 0.318. The maximum Gasteiger partial charge on any atom is 0.228 e. The van der Waals surface area contributed by atoms with Crippen LogP contribution in [0.15, 0.2) is 0 Å². The van der Waals surface area contributed by atoms with Crippen molar-refractivity contribution in [2.75, 3.05) is 39.3 Å². The van der Waals surface area contributed by atoms with Crippen molar-refractivity contribution in [3.05, 3.63) is 0 Å². The first kappa shape index (κ1) is 14.8. The summed E-state index contributed by atoms with van der Waals surface area (Å²) in [5.41, 5.74) is 0. The van der Waals surface area contributed by atoms with E-state index in [1.54, 1.807) is 0 Å². The topological polar surface area (TPSA) is 43.9 Å². The van der Waals surface area contributed by atoms with Gasteiger partial charge >= 0.3 is 0 Å². The molecule has 0 spiro atoms. The molecule has 1 atom stereocenters. The minimum absolute atomic E-state index is 0.0914. The largest absolute Gasteiger partial charge is 0.340 e. The summed E-state index contributed by atoms with van der Waals surface area (Å²) < 4.78 is 0. The van der Waals surface area contributed by atoms with Crippen molar-refractivity contribution in [3.63, 3.8) is 0 Å².